The van der Waals surface area contributed by atoms with Gasteiger partial charge in [-0.15, -0.1) is 0 Å². The second kappa shape index (κ2) is 6.31. The monoisotopic (exact) mass is 275 g/mol. The molecule has 0 saturated heterocycles. The predicted molar refractivity (Wildman–Crippen MR) is 67.2 cm³/mol. The van der Waals surface area contributed by atoms with E-state index >= 15 is 0 Å². The van der Waals surface area contributed by atoms with Gasteiger partial charge in [-0.2, -0.15) is 0 Å². The first-order valence-electron chi connectivity index (χ1n) is 4.93. The quantitative estimate of drug-likeness (QED) is 0.768. The van der Waals surface area contributed by atoms with Gasteiger partial charge in [-0.05, 0) is 40.5 Å². The van der Waals surface area contributed by atoms with Crippen molar-refractivity contribution in [3.05, 3.63) is 27.7 Å². The standard InChI is InChI=1S/C11H15BrClN/c1-2-3-4-7-14-11-8-9(13)5-6-10(11)12/h5-6,8,14H,2-4,7H2,1H3. The van der Waals surface area contributed by atoms with Crippen molar-refractivity contribution in [2.45, 2.75) is 26.2 Å². The lowest BCUT2D eigenvalue weighted by Crippen LogP contribution is -2.01. The molecule has 0 aromatic heterocycles. The van der Waals surface area contributed by atoms with E-state index < -0.39 is 0 Å². The fraction of sp³-hybridized carbons (Fsp3) is 0.455. The Morgan fingerprint density at radius 2 is 2.14 bits per heavy atom. The third-order valence-corrected chi connectivity index (χ3v) is 2.95. The molecule has 0 aliphatic carbocycles. The summed E-state index contributed by atoms with van der Waals surface area (Å²) in [7, 11) is 0. The Kier molecular flexibility index (Phi) is 5.34. The summed E-state index contributed by atoms with van der Waals surface area (Å²) in [5.41, 5.74) is 1.08. The highest BCUT2D eigenvalue weighted by Crippen LogP contribution is 2.25. The van der Waals surface area contributed by atoms with E-state index in [-0.39, 0.29) is 0 Å². The molecule has 0 fully saturated rings. The van der Waals surface area contributed by atoms with Crippen molar-refractivity contribution in [2.24, 2.45) is 0 Å². The van der Waals surface area contributed by atoms with Crippen LogP contribution >= 0.6 is 27.5 Å². The van der Waals surface area contributed by atoms with E-state index in [1.807, 2.05) is 18.2 Å². The average molecular weight is 277 g/mol. The van der Waals surface area contributed by atoms with Crippen LogP contribution in [0.3, 0.4) is 0 Å². The second-order valence-electron chi connectivity index (χ2n) is 3.26. The Bertz CT molecular complexity index is 289. The minimum atomic E-state index is 0.770. The van der Waals surface area contributed by atoms with Gasteiger partial charge in [0.25, 0.3) is 0 Å². The van der Waals surface area contributed by atoms with Gasteiger partial charge in [0, 0.05) is 21.7 Å². The van der Waals surface area contributed by atoms with Crippen LogP contribution in [-0.4, -0.2) is 6.54 Å². The maximum atomic E-state index is 5.90. The molecule has 0 spiro atoms. The van der Waals surface area contributed by atoms with Crippen molar-refractivity contribution in [3.8, 4) is 0 Å². The van der Waals surface area contributed by atoms with Crippen LogP contribution in [0.2, 0.25) is 5.02 Å². The first kappa shape index (κ1) is 11.9. The first-order valence-corrected chi connectivity index (χ1v) is 6.10. The minimum Gasteiger partial charge on any atom is -0.384 e. The molecule has 1 rings (SSSR count). The Morgan fingerprint density at radius 3 is 2.86 bits per heavy atom. The number of benzene rings is 1. The number of hydrogen-bond acceptors (Lipinski definition) is 1. The number of unbranched alkanes of at least 4 members (excludes halogenated alkanes) is 2. The lowest BCUT2D eigenvalue weighted by atomic mass is 10.2. The van der Waals surface area contributed by atoms with Crippen molar-refractivity contribution >= 4 is 33.2 Å². The zero-order valence-electron chi connectivity index (χ0n) is 8.32. The summed E-state index contributed by atoms with van der Waals surface area (Å²) in [4.78, 5) is 0. The van der Waals surface area contributed by atoms with Crippen LogP contribution in [0, 0.1) is 0 Å². The smallest absolute Gasteiger partial charge is 0.0499 e. The molecule has 0 aliphatic rings. The summed E-state index contributed by atoms with van der Waals surface area (Å²) >= 11 is 9.37. The van der Waals surface area contributed by atoms with Gasteiger partial charge >= 0.3 is 0 Å². The molecule has 0 amide bonds. The van der Waals surface area contributed by atoms with Gasteiger partial charge in [0.05, 0.1) is 0 Å². The zero-order valence-corrected chi connectivity index (χ0v) is 10.7. The molecule has 0 radical (unpaired) electrons. The molecule has 1 aromatic carbocycles. The Labute approximate surface area is 99.0 Å². The highest BCUT2D eigenvalue weighted by Gasteiger charge is 1.99. The molecule has 78 valence electrons. The van der Waals surface area contributed by atoms with Crippen LogP contribution in [0.25, 0.3) is 0 Å². The maximum Gasteiger partial charge on any atom is 0.0499 e. The molecule has 14 heavy (non-hydrogen) atoms. The number of nitrogens with one attached hydrogen (secondary N) is 1. The molecule has 0 aliphatic heterocycles. The molecule has 1 aromatic rings. The molecule has 3 heteroatoms. The van der Waals surface area contributed by atoms with Crippen LogP contribution in [0.15, 0.2) is 22.7 Å². The van der Waals surface area contributed by atoms with Gasteiger partial charge in [-0.3, -0.25) is 0 Å². The Balaban J connectivity index is 2.45. The topological polar surface area (TPSA) is 12.0 Å². The van der Waals surface area contributed by atoms with E-state index in [2.05, 4.69) is 28.2 Å². The van der Waals surface area contributed by atoms with E-state index in [0.717, 1.165) is 21.7 Å². The summed E-state index contributed by atoms with van der Waals surface area (Å²) in [6.07, 6.45) is 3.72. The average Bonchev–Trinajstić information content (AvgIpc) is 2.18. The van der Waals surface area contributed by atoms with E-state index in [1.54, 1.807) is 0 Å². The number of hydrogen-bond donors (Lipinski definition) is 1. The fourth-order valence-electron chi connectivity index (χ4n) is 1.23. The summed E-state index contributed by atoms with van der Waals surface area (Å²) in [6, 6.07) is 5.78. The number of halogens is 2. The predicted octanol–water partition coefficient (Wildman–Crippen LogP) is 4.70. The summed E-state index contributed by atoms with van der Waals surface area (Å²) in [5.74, 6) is 0. The molecule has 0 bridgehead atoms. The van der Waals surface area contributed by atoms with Gasteiger partial charge in [0.2, 0.25) is 0 Å². The number of anilines is 1. The lowest BCUT2D eigenvalue weighted by molar-refractivity contribution is 0.743. The van der Waals surface area contributed by atoms with Crippen LogP contribution < -0.4 is 5.32 Å². The maximum absolute atomic E-state index is 5.90. The van der Waals surface area contributed by atoms with Gasteiger partial charge < -0.3 is 5.32 Å². The highest BCUT2D eigenvalue weighted by atomic mass is 79.9. The fourth-order valence-corrected chi connectivity index (χ4v) is 1.79. The summed E-state index contributed by atoms with van der Waals surface area (Å²) in [6.45, 7) is 3.21. The van der Waals surface area contributed by atoms with Crippen molar-refractivity contribution in [2.75, 3.05) is 11.9 Å². The van der Waals surface area contributed by atoms with Gasteiger partial charge in [0.15, 0.2) is 0 Å². The van der Waals surface area contributed by atoms with Crippen molar-refractivity contribution < 1.29 is 0 Å². The van der Waals surface area contributed by atoms with Crippen LogP contribution in [0.1, 0.15) is 26.2 Å². The second-order valence-corrected chi connectivity index (χ2v) is 4.55. The van der Waals surface area contributed by atoms with E-state index in [0.29, 0.717) is 0 Å². The van der Waals surface area contributed by atoms with Crippen molar-refractivity contribution in [1.82, 2.24) is 0 Å². The minimum absolute atomic E-state index is 0.770. The summed E-state index contributed by atoms with van der Waals surface area (Å²) < 4.78 is 1.07. The summed E-state index contributed by atoms with van der Waals surface area (Å²) in [5, 5.41) is 4.13. The third-order valence-electron chi connectivity index (χ3n) is 2.02. The highest BCUT2D eigenvalue weighted by molar-refractivity contribution is 9.10. The van der Waals surface area contributed by atoms with Gasteiger partial charge in [-0.25, -0.2) is 0 Å². The zero-order chi connectivity index (χ0) is 10.4. The molecule has 0 atom stereocenters. The molecule has 0 unspecified atom stereocenters. The molecule has 0 heterocycles. The molecule has 0 saturated carbocycles. The lowest BCUT2D eigenvalue weighted by Gasteiger charge is -2.08. The van der Waals surface area contributed by atoms with Crippen molar-refractivity contribution in [1.29, 1.82) is 0 Å². The first-order chi connectivity index (χ1) is 6.74. The third kappa shape index (κ3) is 3.89. The normalized spacial score (nSPS) is 10.2. The van der Waals surface area contributed by atoms with Crippen LogP contribution in [-0.2, 0) is 0 Å². The Hall–Kier alpha value is -0.210. The molecule has 1 nitrogen and oxygen atoms in total. The van der Waals surface area contributed by atoms with Crippen molar-refractivity contribution in [3.63, 3.8) is 0 Å². The van der Waals surface area contributed by atoms with Crippen LogP contribution in [0.5, 0.6) is 0 Å². The van der Waals surface area contributed by atoms with Crippen LogP contribution in [0.4, 0.5) is 5.69 Å². The number of rotatable bonds is 5. The largest absolute Gasteiger partial charge is 0.384 e. The SMILES string of the molecule is CCCCCNc1cc(Cl)ccc1Br. The molecule has 1 N–H and O–H groups in total. The van der Waals surface area contributed by atoms with E-state index in [4.69, 9.17) is 11.6 Å². The molecular weight excluding hydrogens is 261 g/mol. The molecular formula is C11H15BrClN. The Morgan fingerprint density at radius 1 is 1.36 bits per heavy atom. The van der Waals surface area contributed by atoms with Gasteiger partial charge in [0.1, 0.15) is 0 Å². The van der Waals surface area contributed by atoms with E-state index in [9.17, 15) is 0 Å². The van der Waals surface area contributed by atoms with E-state index in [1.165, 1.54) is 19.3 Å². The van der Waals surface area contributed by atoms with Gasteiger partial charge in [-0.1, -0.05) is 31.4 Å².